The Morgan fingerprint density at radius 1 is 1.29 bits per heavy atom. The van der Waals surface area contributed by atoms with Gasteiger partial charge in [0.25, 0.3) is 5.89 Å². The maximum absolute atomic E-state index is 11.8. The molecule has 7 heteroatoms. The minimum absolute atomic E-state index is 0.0622. The Balaban J connectivity index is 1.88. The fraction of sp³-hybridized carbons (Fsp3) is 0.286. The van der Waals surface area contributed by atoms with E-state index in [4.69, 9.17) is 9.26 Å². The molecule has 1 N–H and O–H groups in total. The van der Waals surface area contributed by atoms with Crippen molar-refractivity contribution in [1.82, 2.24) is 15.5 Å². The van der Waals surface area contributed by atoms with E-state index in [0.29, 0.717) is 17.9 Å². The molecule has 0 bridgehead atoms. The highest BCUT2D eigenvalue weighted by molar-refractivity contribution is 5.89. The average Bonchev–Trinajstić information content (AvgIpc) is 2.89. The topological polar surface area (TPSA) is 94.3 Å². The van der Waals surface area contributed by atoms with E-state index in [-0.39, 0.29) is 18.4 Å². The van der Waals surface area contributed by atoms with Gasteiger partial charge in [0.1, 0.15) is 0 Å². The second-order valence-electron chi connectivity index (χ2n) is 4.42. The highest BCUT2D eigenvalue weighted by atomic mass is 16.6. The Labute approximate surface area is 121 Å². The number of nitrogens with zero attached hydrogens (tertiary/aromatic N) is 2. The summed E-state index contributed by atoms with van der Waals surface area (Å²) in [6, 6.07) is 6.78. The fourth-order valence-corrected chi connectivity index (χ4v) is 1.59. The van der Waals surface area contributed by atoms with Crippen LogP contribution in [-0.2, 0) is 22.7 Å². The molecule has 1 aromatic heterocycles. The lowest BCUT2D eigenvalue weighted by molar-refractivity contribution is -0.119. The Morgan fingerprint density at radius 3 is 2.57 bits per heavy atom. The summed E-state index contributed by atoms with van der Waals surface area (Å²) in [5.74, 6) is 0.164. The number of nitrogens with one attached hydrogen (secondary N) is 1. The lowest BCUT2D eigenvalue weighted by atomic mass is 10.1. The summed E-state index contributed by atoms with van der Waals surface area (Å²) in [5.41, 5.74) is 1.31. The molecule has 0 aliphatic rings. The third-order valence-electron chi connectivity index (χ3n) is 2.63. The molecule has 0 aliphatic heterocycles. The van der Waals surface area contributed by atoms with Crippen molar-refractivity contribution >= 4 is 11.9 Å². The zero-order valence-electron chi connectivity index (χ0n) is 11.8. The number of ether oxygens (including phenoxy) is 1. The molecule has 0 aliphatic carbocycles. The van der Waals surface area contributed by atoms with E-state index >= 15 is 0 Å². The van der Waals surface area contributed by atoms with Gasteiger partial charge < -0.3 is 14.6 Å². The number of hydrogen-bond acceptors (Lipinski definition) is 6. The first-order valence-electron chi connectivity index (χ1n) is 6.34. The lowest BCUT2D eigenvalue weighted by Gasteiger charge is -2.05. The number of rotatable bonds is 5. The van der Waals surface area contributed by atoms with Gasteiger partial charge in [-0.3, -0.25) is 4.79 Å². The Kier molecular flexibility index (Phi) is 4.65. The van der Waals surface area contributed by atoms with E-state index in [9.17, 15) is 9.59 Å². The number of carbonyl (C=O) groups excluding carboxylic acids is 2. The van der Waals surface area contributed by atoms with E-state index in [1.165, 1.54) is 6.92 Å². The maximum atomic E-state index is 11.8. The monoisotopic (exact) mass is 289 g/mol. The molecule has 2 aromatic rings. The summed E-state index contributed by atoms with van der Waals surface area (Å²) in [7, 11) is 0. The van der Waals surface area contributed by atoms with Crippen LogP contribution < -0.4 is 5.32 Å². The number of aromatic nitrogens is 2. The second kappa shape index (κ2) is 6.65. The van der Waals surface area contributed by atoms with Crippen LogP contribution in [0.1, 0.15) is 34.6 Å². The summed E-state index contributed by atoms with van der Waals surface area (Å²) >= 11 is 0. The number of esters is 1. The molecule has 21 heavy (non-hydrogen) atoms. The van der Waals surface area contributed by atoms with E-state index < -0.39 is 5.97 Å². The standard InChI is InChI=1S/C14H15N3O4/c1-9-16-13(21-17-9)8-20-14(19)12-5-3-11(4-6-12)7-15-10(2)18/h3-6H,7-8H2,1-2H3,(H,15,18). The van der Waals surface area contributed by atoms with Gasteiger partial charge in [0, 0.05) is 13.5 Å². The molecule has 0 saturated carbocycles. The highest BCUT2D eigenvalue weighted by Gasteiger charge is 2.10. The molecule has 7 nitrogen and oxygen atoms in total. The van der Waals surface area contributed by atoms with Crippen LogP contribution in [-0.4, -0.2) is 22.0 Å². The predicted octanol–water partition coefficient (Wildman–Crippen LogP) is 1.37. The van der Waals surface area contributed by atoms with Gasteiger partial charge in [-0.25, -0.2) is 4.79 Å². The zero-order chi connectivity index (χ0) is 15.2. The number of hydrogen-bond donors (Lipinski definition) is 1. The first kappa shape index (κ1) is 14.7. The smallest absolute Gasteiger partial charge is 0.338 e. The van der Waals surface area contributed by atoms with Gasteiger partial charge in [0.05, 0.1) is 5.56 Å². The third-order valence-corrected chi connectivity index (χ3v) is 2.63. The number of aryl methyl sites for hydroxylation is 1. The van der Waals surface area contributed by atoms with Crippen molar-refractivity contribution in [2.24, 2.45) is 0 Å². The average molecular weight is 289 g/mol. The van der Waals surface area contributed by atoms with Crippen molar-refractivity contribution in [2.75, 3.05) is 0 Å². The van der Waals surface area contributed by atoms with Gasteiger partial charge in [-0.1, -0.05) is 17.3 Å². The van der Waals surface area contributed by atoms with Crippen molar-refractivity contribution in [3.8, 4) is 0 Å². The fourth-order valence-electron chi connectivity index (χ4n) is 1.59. The second-order valence-corrected chi connectivity index (χ2v) is 4.42. The summed E-state index contributed by atoms with van der Waals surface area (Å²) < 4.78 is 9.91. The normalized spacial score (nSPS) is 10.2. The molecule has 0 unspecified atom stereocenters. The minimum atomic E-state index is -0.475. The number of benzene rings is 1. The molecule has 1 aromatic carbocycles. The third kappa shape index (κ3) is 4.41. The molecule has 2 rings (SSSR count). The molecule has 1 amide bonds. The van der Waals surface area contributed by atoms with E-state index in [1.807, 2.05) is 0 Å². The van der Waals surface area contributed by atoms with Crippen LogP contribution in [0.2, 0.25) is 0 Å². The van der Waals surface area contributed by atoms with Crippen LogP contribution in [0.3, 0.4) is 0 Å². The Hall–Kier alpha value is -2.70. The highest BCUT2D eigenvalue weighted by Crippen LogP contribution is 2.08. The van der Waals surface area contributed by atoms with Crippen molar-refractivity contribution in [1.29, 1.82) is 0 Å². The first-order valence-corrected chi connectivity index (χ1v) is 6.34. The summed E-state index contributed by atoms with van der Waals surface area (Å²) in [6.07, 6.45) is 0. The van der Waals surface area contributed by atoms with Gasteiger partial charge in [0.15, 0.2) is 12.4 Å². The quantitative estimate of drug-likeness (QED) is 0.835. The minimum Gasteiger partial charge on any atom is -0.452 e. The van der Waals surface area contributed by atoms with Crippen LogP contribution in [0.15, 0.2) is 28.8 Å². The van der Waals surface area contributed by atoms with Crippen LogP contribution in [0.25, 0.3) is 0 Å². The number of amides is 1. The van der Waals surface area contributed by atoms with Crippen LogP contribution in [0.4, 0.5) is 0 Å². The largest absolute Gasteiger partial charge is 0.452 e. The van der Waals surface area contributed by atoms with Crippen LogP contribution in [0, 0.1) is 6.92 Å². The molecule has 0 spiro atoms. The molecule has 0 radical (unpaired) electrons. The van der Waals surface area contributed by atoms with Crippen molar-refractivity contribution in [3.05, 3.63) is 47.1 Å². The number of carbonyl (C=O) groups is 2. The molecule has 110 valence electrons. The van der Waals surface area contributed by atoms with E-state index in [2.05, 4.69) is 15.5 Å². The van der Waals surface area contributed by atoms with Crippen molar-refractivity contribution in [2.45, 2.75) is 27.0 Å². The van der Waals surface area contributed by atoms with Crippen LogP contribution >= 0.6 is 0 Å². The van der Waals surface area contributed by atoms with Gasteiger partial charge in [0.2, 0.25) is 5.91 Å². The zero-order valence-corrected chi connectivity index (χ0v) is 11.8. The summed E-state index contributed by atoms with van der Waals surface area (Å²) in [4.78, 5) is 26.6. The lowest BCUT2D eigenvalue weighted by Crippen LogP contribution is -2.18. The Bertz CT molecular complexity index is 634. The van der Waals surface area contributed by atoms with Gasteiger partial charge in [-0.2, -0.15) is 4.98 Å². The van der Waals surface area contributed by atoms with Crippen molar-refractivity contribution < 1.29 is 18.8 Å². The molecule has 0 fully saturated rings. The van der Waals surface area contributed by atoms with Gasteiger partial charge in [-0.05, 0) is 24.6 Å². The molecule has 0 saturated heterocycles. The van der Waals surface area contributed by atoms with Crippen LogP contribution in [0.5, 0.6) is 0 Å². The maximum Gasteiger partial charge on any atom is 0.338 e. The van der Waals surface area contributed by atoms with E-state index in [1.54, 1.807) is 31.2 Å². The SMILES string of the molecule is CC(=O)NCc1ccc(C(=O)OCc2nc(C)no2)cc1. The summed E-state index contributed by atoms with van der Waals surface area (Å²) in [6.45, 7) is 3.49. The van der Waals surface area contributed by atoms with Gasteiger partial charge >= 0.3 is 5.97 Å². The van der Waals surface area contributed by atoms with Gasteiger partial charge in [-0.15, -0.1) is 0 Å². The Morgan fingerprint density at radius 2 is 2.00 bits per heavy atom. The predicted molar refractivity (Wildman–Crippen MR) is 72.1 cm³/mol. The van der Waals surface area contributed by atoms with E-state index in [0.717, 1.165) is 5.56 Å². The summed E-state index contributed by atoms with van der Waals surface area (Å²) in [5, 5.41) is 6.28. The van der Waals surface area contributed by atoms with Crippen molar-refractivity contribution in [3.63, 3.8) is 0 Å². The first-order chi connectivity index (χ1) is 10.0. The molecule has 1 heterocycles. The molecular weight excluding hydrogens is 274 g/mol. The molecule has 0 atom stereocenters. The molecular formula is C14H15N3O4.